The molecular weight excluding hydrogens is 369 g/mol. The fourth-order valence-corrected chi connectivity index (χ4v) is 61.8. The van der Waals surface area contributed by atoms with Crippen molar-refractivity contribution in [3.63, 3.8) is 0 Å². The fraction of sp³-hybridized carbons (Fsp3) is 1.00. The maximum atomic E-state index is 1.83. The van der Waals surface area contributed by atoms with Crippen LogP contribution < -0.4 is 0 Å². The molecule has 2 heterocycles. The summed E-state index contributed by atoms with van der Waals surface area (Å²) >= 11 is 0.470. The normalized spacial score (nSPS) is 33.2. The Balaban J connectivity index is 1.82. The van der Waals surface area contributed by atoms with Gasteiger partial charge in [0, 0.05) is 0 Å². The molecule has 15 heavy (non-hydrogen) atoms. The summed E-state index contributed by atoms with van der Waals surface area (Å²) in [4.78, 5) is 0. The van der Waals surface area contributed by atoms with Crippen LogP contribution in [0.2, 0.25) is 20.8 Å². The third kappa shape index (κ3) is 4.81. The zero-order valence-corrected chi connectivity index (χ0v) is 15.7. The van der Waals surface area contributed by atoms with Gasteiger partial charge in [0.25, 0.3) is 0 Å². The van der Waals surface area contributed by atoms with Gasteiger partial charge in [0.05, 0.1) is 0 Å². The summed E-state index contributed by atoms with van der Waals surface area (Å²) in [6.45, 7) is 0. The number of hydrogen-bond donors (Lipinski definition) is 0. The molecule has 2 unspecified atom stereocenters. The summed E-state index contributed by atoms with van der Waals surface area (Å²) in [6.07, 6.45) is 13.0. The van der Waals surface area contributed by atoms with Crippen LogP contribution in [0.5, 0.6) is 0 Å². The van der Waals surface area contributed by atoms with Gasteiger partial charge >= 0.3 is 109 Å². The Labute approximate surface area is 108 Å². The van der Waals surface area contributed by atoms with Crippen LogP contribution in [0.25, 0.3) is 0 Å². The second kappa shape index (κ2) is 7.90. The Morgan fingerprint density at radius 1 is 0.600 bits per heavy atom. The van der Waals surface area contributed by atoms with E-state index in [9.17, 15) is 0 Å². The first-order valence-corrected chi connectivity index (χ1v) is 23.2. The van der Waals surface area contributed by atoms with Crippen LogP contribution in [0, 0.1) is 0 Å². The third-order valence-electron chi connectivity index (χ3n) is 3.51. The summed E-state index contributed by atoms with van der Waals surface area (Å²) in [7, 11) is -0.111. The van der Waals surface area contributed by atoms with Crippen LogP contribution in [0.3, 0.4) is 0 Å². The van der Waals surface area contributed by atoms with Gasteiger partial charge in [0.1, 0.15) is 0 Å². The van der Waals surface area contributed by atoms with E-state index < -0.39 is 0 Å². The molecule has 0 aliphatic carbocycles. The van der Waals surface area contributed by atoms with E-state index in [-0.39, 0.29) is 23.1 Å². The molecule has 0 radical (unpaired) electrons. The minimum absolute atomic E-state index is 0.111. The van der Waals surface area contributed by atoms with Crippen LogP contribution in [0.4, 0.5) is 0 Å². The van der Waals surface area contributed by atoms with Crippen LogP contribution >= 0.6 is 0 Å². The zero-order chi connectivity index (χ0) is 10.3. The Hall–Kier alpha value is 1.68. The van der Waals surface area contributed by atoms with Gasteiger partial charge in [-0.3, -0.25) is 0 Å². The molecule has 2 rings (SSSR count). The molecule has 0 amide bonds. The molecule has 0 aromatic carbocycles. The van der Waals surface area contributed by atoms with Crippen LogP contribution in [0.1, 0.15) is 51.4 Å². The molecule has 0 bridgehead atoms. The van der Waals surface area contributed by atoms with Crippen LogP contribution in [0.15, 0.2) is 0 Å². The summed E-state index contributed by atoms with van der Waals surface area (Å²) in [5.74, 6) is 0. The summed E-state index contributed by atoms with van der Waals surface area (Å²) in [5.41, 5.74) is 0. The topological polar surface area (TPSA) is 0 Å². The molecule has 0 nitrogen and oxygen atoms in total. The Kier molecular flexibility index (Phi) is 6.91. The first-order valence-electron chi connectivity index (χ1n) is 6.73. The molecular formula is C12H25As3. The van der Waals surface area contributed by atoms with Gasteiger partial charge in [-0.05, 0) is 0 Å². The SMILES string of the molecule is C1CCC[As]([As]2CCCCCC2)[AsH]CC1. The van der Waals surface area contributed by atoms with Gasteiger partial charge in [-0.2, -0.15) is 0 Å². The van der Waals surface area contributed by atoms with E-state index in [1.165, 1.54) is 0 Å². The molecule has 2 aliphatic heterocycles. The second-order valence-electron chi connectivity index (χ2n) is 4.81. The average Bonchev–Trinajstić information content (AvgIpc) is 2.45. The number of rotatable bonds is 1. The molecule has 3 heteroatoms. The summed E-state index contributed by atoms with van der Waals surface area (Å²) < 4.78 is 0. The van der Waals surface area contributed by atoms with Gasteiger partial charge in [0.2, 0.25) is 0 Å². The van der Waals surface area contributed by atoms with Crippen LogP contribution in [-0.4, -0.2) is 36.8 Å². The van der Waals surface area contributed by atoms with Gasteiger partial charge in [-0.1, -0.05) is 0 Å². The van der Waals surface area contributed by atoms with E-state index in [1.807, 2.05) is 5.21 Å². The standard InChI is InChI=1S/C12H25As3/c1-2-8-12-15(13-9-5-1)14-10-6-3-4-7-11-14/h13H,1-12H2. The van der Waals surface area contributed by atoms with Crippen molar-refractivity contribution in [2.24, 2.45) is 0 Å². The van der Waals surface area contributed by atoms with E-state index in [0.717, 1.165) is 0 Å². The first-order chi connectivity index (χ1) is 7.47. The molecule has 0 aromatic rings. The number of hydrogen-bond acceptors (Lipinski definition) is 0. The van der Waals surface area contributed by atoms with E-state index in [2.05, 4.69) is 0 Å². The first kappa shape index (κ1) is 13.1. The summed E-state index contributed by atoms with van der Waals surface area (Å²) in [6, 6.07) is 0. The Morgan fingerprint density at radius 3 is 1.93 bits per heavy atom. The van der Waals surface area contributed by atoms with Gasteiger partial charge in [-0.25, -0.2) is 0 Å². The molecule has 2 fully saturated rings. The molecule has 0 aromatic heterocycles. The van der Waals surface area contributed by atoms with Gasteiger partial charge in [0.15, 0.2) is 0 Å². The van der Waals surface area contributed by atoms with Gasteiger partial charge in [-0.15, -0.1) is 0 Å². The predicted octanol–water partition coefficient (Wildman–Crippen LogP) is 3.55. The van der Waals surface area contributed by atoms with E-state index in [0.29, 0.717) is 13.7 Å². The molecule has 2 saturated heterocycles. The van der Waals surface area contributed by atoms with Crippen molar-refractivity contribution < 1.29 is 0 Å². The fourth-order valence-electron chi connectivity index (χ4n) is 2.56. The van der Waals surface area contributed by atoms with Crippen molar-refractivity contribution in [3.8, 4) is 0 Å². The summed E-state index contributed by atoms with van der Waals surface area (Å²) in [5, 5.41) is 7.19. The van der Waals surface area contributed by atoms with Gasteiger partial charge < -0.3 is 0 Å². The molecule has 2 atom stereocenters. The Morgan fingerprint density at radius 2 is 1.20 bits per heavy atom. The second-order valence-corrected chi connectivity index (χ2v) is 42.8. The molecule has 2 aliphatic rings. The predicted molar refractivity (Wildman–Crippen MR) is 74.8 cm³/mol. The maximum absolute atomic E-state index is 1.83. The van der Waals surface area contributed by atoms with E-state index in [1.54, 1.807) is 67.0 Å². The van der Waals surface area contributed by atoms with Crippen molar-refractivity contribution in [1.29, 1.82) is 0 Å². The molecule has 0 spiro atoms. The van der Waals surface area contributed by atoms with Crippen LogP contribution in [-0.2, 0) is 0 Å². The minimum atomic E-state index is -0.171. The van der Waals surface area contributed by atoms with Crippen molar-refractivity contribution in [3.05, 3.63) is 0 Å². The zero-order valence-electron chi connectivity index (χ0n) is 9.88. The van der Waals surface area contributed by atoms with Crippen molar-refractivity contribution in [2.75, 3.05) is 0 Å². The quantitative estimate of drug-likeness (QED) is 0.597. The molecule has 88 valence electrons. The average molecular weight is 394 g/mol. The van der Waals surface area contributed by atoms with E-state index in [4.69, 9.17) is 0 Å². The monoisotopic (exact) mass is 394 g/mol. The van der Waals surface area contributed by atoms with Crippen molar-refractivity contribution in [2.45, 2.75) is 72.2 Å². The molecule has 0 saturated carbocycles. The van der Waals surface area contributed by atoms with Crippen molar-refractivity contribution >= 4 is 36.8 Å². The Bertz CT molecular complexity index is 156. The van der Waals surface area contributed by atoms with E-state index >= 15 is 0 Å². The third-order valence-corrected chi connectivity index (χ3v) is 58.8. The molecule has 0 N–H and O–H groups in total. The van der Waals surface area contributed by atoms with Crippen molar-refractivity contribution in [1.82, 2.24) is 0 Å².